The Morgan fingerprint density at radius 3 is 2.12 bits per heavy atom. The number of nitriles is 1. The minimum atomic E-state index is -0.538. The van der Waals surface area contributed by atoms with Gasteiger partial charge in [-0.2, -0.15) is 5.26 Å². The Morgan fingerprint density at radius 2 is 1.75 bits per heavy atom. The van der Waals surface area contributed by atoms with Crippen LogP contribution in [0.25, 0.3) is 0 Å². The van der Waals surface area contributed by atoms with Gasteiger partial charge in [-0.05, 0) is 6.42 Å². The Bertz CT molecular complexity index is 314. The fourth-order valence-corrected chi connectivity index (χ4v) is 1.78. The number of hydrogen-bond acceptors (Lipinski definition) is 3. The lowest BCUT2D eigenvalue weighted by atomic mass is 10.1. The molecule has 1 fully saturated rings. The number of hydrogen-bond donors (Lipinski definition) is 0. The van der Waals surface area contributed by atoms with E-state index in [1.54, 1.807) is 9.80 Å². The van der Waals surface area contributed by atoms with Gasteiger partial charge in [0.15, 0.2) is 0 Å². The maximum atomic E-state index is 11.8. The molecule has 0 aliphatic carbocycles. The Labute approximate surface area is 95.6 Å². The Morgan fingerprint density at radius 1 is 1.25 bits per heavy atom. The molecule has 0 aromatic rings. The van der Waals surface area contributed by atoms with Gasteiger partial charge in [-0.1, -0.05) is 6.92 Å². The first-order chi connectivity index (χ1) is 7.60. The highest BCUT2D eigenvalue weighted by Gasteiger charge is 2.26. The van der Waals surface area contributed by atoms with Crippen LogP contribution in [0.3, 0.4) is 0 Å². The van der Waals surface area contributed by atoms with Crippen LogP contribution in [0.2, 0.25) is 0 Å². The average Bonchev–Trinajstić information content (AvgIpc) is 2.30. The van der Waals surface area contributed by atoms with E-state index in [0.29, 0.717) is 32.6 Å². The normalized spacial score (nSPS) is 17.8. The third kappa shape index (κ3) is 2.72. The number of piperazine rings is 1. The molecule has 1 unspecified atom stereocenters. The predicted molar refractivity (Wildman–Crippen MR) is 58.2 cm³/mol. The van der Waals surface area contributed by atoms with Crippen LogP contribution in [0.1, 0.15) is 20.3 Å². The zero-order chi connectivity index (χ0) is 12.1. The van der Waals surface area contributed by atoms with E-state index in [1.165, 1.54) is 6.92 Å². The fourth-order valence-electron chi connectivity index (χ4n) is 1.78. The molecule has 1 aliphatic heterocycles. The van der Waals surface area contributed by atoms with E-state index in [9.17, 15) is 9.59 Å². The van der Waals surface area contributed by atoms with Crippen molar-refractivity contribution >= 4 is 11.8 Å². The first kappa shape index (κ1) is 12.5. The zero-order valence-corrected chi connectivity index (χ0v) is 9.77. The minimum Gasteiger partial charge on any atom is -0.339 e. The largest absolute Gasteiger partial charge is 0.339 e. The summed E-state index contributed by atoms with van der Waals surface area (Å²) in [6.07, 6.45) is 0.544. The maximum Gasteiger partial charge on any atom is 0.240 e. The standard InChI is InChI=1S/C11H17N3O2/c1-3-10(8-12)11(16)14-6-4-13(5-7-14)9(2)15/h10H,3-7H2,1-2H3. The van der Waals surface area contributed by atoms with Crippen molar-refractivity contribution in [3.8, 4) is 6.07 Å². The maximum absolute atomic E-state index is 11.8. The second-order valence-electron chi connectivity index (χ2n) is 3.92. The molecule has 1 saturated heterocycles. The molecule has 2 amide bonds. The topological polar surface area (TPSA) is 64.4 Å². The highest BCUT2D eigenvalue weighted by molar-refractivity contribution is 5.81. The molecular weight excluding hydrogens is 206 g/mol. The van der Waals surface area contributed by atoms with Gasteiger partial charge in [0.25, 0.3) is 0 Å². The summed E-state index contributed by atoms with van der Waals surface area (Å²) < 4.78 is 0. The molecule has 0 N–H and O–H groups in total. The van der Waals surface area contributed by atoms with Crippen LogP contribution in [0, 0.1) is 17.2 Å². The lowest BCUT2D eigenvalue weighted by Gasteiger charge is -2.34. The van der Waals surface area contributed by atoms with Gasteiger partial charge in [-0.15, -0.1) is 0 Å². The van der Waals surface area contributed by atoms with Crippen LogP contribution in [0.4, 0.5) is 0 Å². The lowest BCUT2D eigenvalue weighted by molar-refractivity contribution is -0.140. The molecule has 1 aliphatic rings. The fraction of sp³-hybridized carbons (Fsp3) is 0.727. The van der Waals surface area contributed by atoms with Crippen molar-refractivity contribution < 1.29 is 9.59 Å². The first-order valence-corrected chi connectivity index (χ1v) is 5.54. The molecule has 1 atom stereocenters. The number of rotatable bonds is 2. The average molecular weight is 223 g/mol. The van der Waals surface area contributed by atoms with Crippen molar-refractivity contribution in [1.82, 2.24) is 9.80 Å². The van der Waals surface area contributed by atoms with E-state index in [-0.39, 0.29) is 11.8 Å². The van der Waals surface area contributed by atoms with Crippen LogP contribution in [-0.4, -0.2) is 47.8 Å². The van der Waals surface area contributed by atoms with Crippen LogP contribution in [-0.2, 0) is 9.59 Å². The van der Waals surface area contributed by atoms with E-state index in [4.69, 9.17) is 5.26 Å². The van der Waals surface area contributed by atoms with Crippen LogP contribution in [0.5, 0.6) is 0 Å². The van der Waals surface area contributed by atoms with E-state index in [0.717, 1.165) is 0 Å². The van der Waals surface area contributed by atoms with E-state index in [1.807, 2.05) is 13.0 Å². The lowest BCUT2D eigenvalue weighted by Crippen LogP contribution is -2.51. The monoisotopic (exact) mass is 223 g/mol. The van der Waals surface area contributed by atoms with Gasteiger partial charge in [0.1, 0.15) is 5.92 Å². The molecular formula is C11H17N3O2. The predicted octanol–water partition coefficient (Wildman–Crippen LogP) is 0.227. The number of nitrogens with zero attached hydrogens (tertiary/aromatic N) is 3. The summed E-state index contributed by atoms with van der Waals surface area (Å²) in [6.45, 7) is 5.58. The van der Waals surface area contributed by atoms with Gasteiger partial charge in [-0.25, -0.2) is 0 Å². The third-order valence-corrected chi connectivity index (χ3v) is 2.90. The number of carbonyl (C=O) groups is 2. The van der Waals surface area contributed by atoms with Crippen LogP contribution >= 0.6 is 0 Å². The molecule has 0 radical (unpaired) electrons. The highest BCUT2D eigenvalue weighted by atomic mass is 16.2. The van der Waals surface area contributed by atoms with Gasteiger partial charge in [0, 0.05) is 33.1 Å². The van der Waals surface area contributed by atoms with Gasteiger partial charge >= 0.3 is 0 Å². The zero-order valence-electron chi connectivity index (χ0n) is 9.77. The molecule has 5 nitrogen and oxygen atoms in total. The summed E-state index contributed by atoms with van der Waals surface area (Å²) in [7, 11) is 0. The van der Waals surface area contributed by atoms with Crippen molar-refractivity contribution in [2.24, 2.45) is 5.92 Å². The summed E-state index contributed by atoms with van der Waals surface area (Å²) in [4.78, 5) is 26.3. The molecule has 0 spiro atoms. The summed E-state index contributed by atoms with van der Waals surface area (Å²) in [5.74, 6) is -0.600. The summed E-state index contributed by atoms with van der Waals surface area (Å²) in [6, 6.07) is 2.01. The molecule has 1 rings (SSSR count). The molecule has 5 heteroatoms. The van der Waals surface area contributed by atoms with Gasteiger partial charge < -0.3 is 9.80 Å². The molecule has 0 saturated carbocycles. The summed E-state index contributed by atoms with van der Waals surface area (Å²) >= 11 is 0. The third-order valence-electron chi connectivity index (χ3n) is 2.90. The summed E-state index contributed by atoms with van der Waals surface area (Å²) in [5, 5.41) is 8.81. The molecule has 88 valence electrons. The number of carbonyl (C=O) groups excluding carboxylic acids is 2. The van der Waals surface area contributed by atoms with Crippen LogP contribution in [0.15, 0.2) is 0 Å². The van der Waals surface area contributed by atoms with Gasteiger partial charge in [-0.3, -0.25) is 9.59 Å². The quantitative estimate of drug-likeness (QED) is 0.673. The highest BCUT2D eigenvalue weighted by Crippen LogP contribution is 2.10. The number of amides is 2. The van der Waals surface area contributed by atoms with E-state index < -0.39 is 5.92 Å². The summed E-state index contributed by atoms with van der Waals surface area (Å²) in [5.41, 5.74) is 0. The second-order valence-corrected chi connectivity index (χ2v) is 3.92. The first-order valence-electron chi connectivity index (χ1n) is 5.54. The van der Waals surface area contributed by atoms with E-state index >= 15 is 0 Å². The van der Waals surface area contributed by atoms with Gasteiger partial charge in [0.2, 0.25) is 11.8 Å². The van der Waals surface area contributed by atoms with Crippen molar-refractivity contribution in [3.63, 3.8) is 0 Å². The van der Waals surface area contributed by atoms with Gasteiger partial charge in [0.05, 0.1) is 6.07 Å². The van der Waals surface area contributed by atoms with E-state index in [2.05, 4.69) is 0 Å². The Balaban J connectivity index is 2.51. The molecule has 0 aromatic heterocycles. The van der Waals surface area contributed by atoms with Crippen molar-refractivity contribution in [3.05, 3.63) is 0 Å². The Hall–Kier alpha value is -1.57. The second kappa shape index (κ2) is 5.50. The van der Waals surface area contributed by atoms with Crippen molar-refractivity contribution in [2.45, 2.75) is 20.3 Å². The molecule has 0 bridgehead atoms. The van der Waals surface area contributed by atoms with Crippen molar-refractivity contribution in [2.75, 3.05) is 26.2 Å². The SMILES string of the molecule is CCC(C#N)C(=O)N1CCN(C(C)=O)CC1. The molecule has 1 heterocycles. The Kier molecular flexibility index (Phi) is 4.29. The van der Waals surface area contributed by atoms with Crippen molar-refractivity contribution in [1.29, 1.82) is 5.26 Å². The minimum absolute atomic E-state index is 0.0411. The molecule has 0 aromatic carbocycles. The smallest absolute Gasteiger partial charge is 0.240 e. The van der Waals surface area contributed by atoms with Crippen LogP contribution < -0.4 is 0 Å². The molecule has 16 heavy (non-hydrogen) atoms.